The molecule has 1 aliphatic heterocycles. The normalized spacial score (nSPS) is 25.6. The predicted octanol–water partition coefficient (Wildman–Crippen LogP) is -0.740. The number of aliphatic hydroxyl groups is 2. The number of aliphatic hydroxyl groups excluding tert-OH is 2. The number of phosphoric ester groups is 1. The maximum absolute atomic E-state index is 11.3. The van der Waals surface area contributed by atoms with E-state index < -0.39 is 39.0 Å². The summed E-state index contributed by atoms with van der Waals surface area (Å²) >= 11 is 1.32. The molecule has 4 rings (SSSR count). The van der Waals surface area contributed by atoms with Gasteiger partial charge in [0.15, 0.2) is 11.9 Å². The molecule has 0 radical (unpaired) electrons. The summed E-state index contributed by atoms with van der Waals surface area (Å²) in [7, 11) is -4.97. The maximum Gasteiger partial charge on any atom is 0.470 e. The third-order valence-electron chi connectivity index (χ3n) is 4.10. The van der Waals surface area contributed by atoms with Crippen LogP contribution in [0, 0.1) is 0 Å². The Balaban J connectivity index is 1.83. The van der Waals surface area contributed by atoms with Gasteiger partial charge in [-0.2, -0.15) is 4.98 Å². The van der Waals surface area contributed by atoms with Gasteiger partial charge in [0.25, 0.3) is 0 Å². The third-order valence-corrected chi connectivity index (χ3v) is 5.40. The largest absolute Gasteiger partial charge is 0.470 e. The Hall–Kier alpha value is -2.03. The summed E-state index contributed by atoms with van der Waals surface area (Å²) in [5.41, 5.74) is 6.69. The first-order valence-electron chi connectivity index (χ1n) is 7.86. The smallest absolute Gasteiger partial charge is 0.394 e. The number of hydrogen-bond donors (Lipinski definition) is 5. The van der Waals surface area contributed by atoms with E-state index in [1.165, 1.54) is 22.2 Å². The van der Waals surface area contributed by atoms with Gasteiger partial charge in [-0.05, 0) is 0 Å². The van der Waals surface area contributed by atoms with Gasteiger partial charge in [-0.3, -0.25) is 9.09 Å². The predicted molar refractivity (Wildman–Crippen MR) is 94.8 cm³/mol. The van der Waals surface area contributed by atoms with Gasteiger partial charge in [-0.1, -0.05) is 0 Å². The standard InChI is InChI=1S/C13H15N6O7PS/c14-13-17-7(11-15-1-2-28-11)6-10(18-13)19(4-16-6)12-9(26-27(22,23)24)8(21)5(3-20)25-12/h1-2,4-5,8-9,12,20-21H,3H2,(H2,14,17,18)(H2,22,23,24)/t5-,8-,9-,12-/m1/s1. The third kappa shape index (κ3) is 3.40. The molecule has 1 saturated heterocycles. The molecule has 3 aromatic heterocycles. The minimum absolute atomic E-state index is 0.0795. The molecule has 1 fully saturated rings. The van der Waals surface area contributed by atoms with Crippen LogP contribution < -0.4 is 5.73 Å². The summed E-state index contributed by atoms with van der Waals surface area (Å²) in [4.78, 5) is 35.1. The van der Waals surface area contributed by atoms with E-state index in [4.69, 9.17) is 15.0 Å². The van der Waals surface area contributed by atoms with Crippen molar-refractivity contribution < 1.29 is 33.8 Å². The number of imidazole rings is 1. The van der Waals surface area contributed by atoms with E-state index in [9.17, 15) is 24.6 Å². The van der Waals surface area contributed by atoms with Crippen LogP contribution in [0.1, 0.15) is 6.23 Å². The number of anilines is 1. The monoisotopic (exact) mass is 430 g/mol. The van der Waals surface area contributed by atoms with Crippen LogP contribution in [-0.4, -0.2) is 69.4 Å². The van der Waals surface area contributed by atoms with Gasteiger partial charge in [-0.15, -0.1) is 11.3 Å². The lowest BCUT2D eigenvalue weighted by molar-refractivity contribution is -0.0505. The second-order valence-electron chi connectivity index (χ2n) is 5.89. The molecule has 0 aromatic carbocycles. The maximum atomic E-state index is 11.3. The van der Waals surface area contributed by atoms with Crippen LogP contribution in [0.4, 0.5) is 5.95 Å². The summed E-state index contributed by atoms with van der Waals surface area (Å²) in [6.07, 6.45) is -2.47. The molecule has 0 bridgehead atoms. The van der Waals surface area contributed by atoms with Gasteiger partial charge < -0.3 is 30.5 Å². The van der Waals surface area contributed by atoms with E-state index in [0.717, 1.165) is 0 Å². The molecule has 15 heteroatoms. The van der Waals surface area contributed by atoms with Gasteiger partial charge in [0.05, 0.1) is 12.9 Å². The lowest BCUT2D eigenvalue weighted by Crippen LogP contribution is -2.34. The molecule has 4 heterocycles. The average Bonchev–Trinajstić information content (AvgIpc) is 3.34. The number of phosphoric acid groups is 1. The molecule has 4 atom stereocenters. The van der Waals surface area contributed by atoms with Crippen molar-refractivity contribution in [2.24, 2.45) is 0 Å². The van der Waals surface area contributed by atoms with Crippen molar-refractivity contribution in [3.63, 3.8) is 0 Å². The van der Waals surface area contributed by atoms with Gasteiger partial charge in [0, 0.05) is 11.6 Å². The fourth-order valence-electron chi connectivity index (χ4n) is 2.97. The molecular formula is C13H15N6O7PS. The van der Waals surface area contributed by atoms with Crippen molar-refractivity contribution in [1.82, 2.24) is 24.5 Å². The zero-order valence-electron chi connectivity index (χ0n) is 13.9. The molecule has 0 spiro atoms. The topological polar surface area (TPSA) is 199 Å². The van der Waals surface area contributed by atoms with Crippen LogP contribution in [0.5, 0.6) is 0 Å². The minimum Gasteiger partial charge on any atom is -0.394 e. The Morgan fingerprint density at radius 2 is 2.14 bits per heavy atom. The van der Waals surface area contributed by atoms with Crippen molar-refractivity contribution in [3.05, 3.63) is 17.9 Å². The van der Waals surface area contributed by atoms with Gasteiger partial charge >= 0.3 is 7.82 Å². The van der Waals surface area contributed by atoms with Crippen molar-refractivity contribution in [1.29, 1.82) is 0 Å². The van der Waals surface area contributed by atoms with E-state index in [0.29, 0.717) is 16.2 Å². The number of rotatable bonds is 5. The summed E-state index contributed by atoms with van der Waals surface area (Å²) in [6.45, 7) is -0.590. The molecule has 150 valence electrons. The van der Waals surface area contributed by atoms with E-state index in [1.54, 1.807) is 11.6 Å². The molecule has 13 nitrogen and oxygen atoms in total. The highest BCUT2D eigenvalue weighted by atomic mass is 32.1. The van der Waals surface area contributed by atoms with E-state index in [-0.39, 0.29) is 11.6 Å². The van der Waals surface area contributed by atoms with Crippen LogP contribution in [0.25, 0.3) is 21.9 Å². The second-order valence-corrected chi connectivity index (χ2v) is 7.98. The highest BCUT2D eigenvalue weighted by Crippen LogP contribution is 2.45. The van der Waals surface area contributed by atoms with Crippen LogP contribution in [0.3, 0.4) is 0 Å². The van der Waals surface area contributed by atoms with Gasteiger partial charge in [0.1, 0.15) is 34.5 Å². The van der Waals surface area contributed by atoms with E-state index >= 15 is 0 Å². The van der Waals surface area contributed by atoms with Gasteiger partial charge in [0.2, 0.25) is 5.95 Å². The number of nitrogens with two attached hydrogens (primary N) is 1. The molecule has 0 saturated carbocycles. The van der Waals surface area contributed by atoms with Crippen LogP contribution in [0.15, 0.2) is 17.9 Å². The SMILES string of the molecule is Nc1nc(-c2nccs2)c2ncn([C@@H]3O[C@H](CO)[C@@H](O)[C@H]3OP(=O)(O)O)c2n1. The van der Waals surface area contributed by atoms with Crippen molar-refractivity contribution >= 4 is 36.3 Å². The minimum atomic E-state index is -4.97. The van der Waals surface area contributed by atoms with Crippen molar-refractivity contribution in [2.75, 3.05) is 12.3 Å². The first-order chi connectivity index (χ1) is 13.3. The summed E-state index contributed by atoms with van der Waals surface area (Å²) < 4.78 is 22.9. The highest BCUT2D eigenvalue weighted by molar-refractivity contribution is 7.46. The van der Waals surface area contributed by atoms with Crippen molar-refractivity contribution in [3.8, 4) is 10.7 Å². The zero-order valence-corrected chi connectivity index (χ0v) is 15.6. The Labute approximate surface area is 160 Å². The molecule has 6 N–H and O–H groups in total. The van der Waals surface area contributed by atoms with Crippen LogP contribution in [0.2, 0.25) is 0 Å². The first kappa shape index (κ1) is 19.3. The summed E-state index contributed by atoms with van der Waals surface area (Å²) in [5.74, 6) is -0.0795. The Morgan fingerprint density at radius 1 is 1.36 bits per heavy atom. The molecule has 28 heavy (non-hydrogen) atoms. The zero-order chi connectivity index (χ0) is 20.1. The lowest BCUT2D eigenvalue weighted by atomic mass is 10.1. The van der Waals surface area contributed by atoms with E-state index in [1.807, 2.05) is 0 Å². The molecule has 1 aliphatic rings. The number of hydrogen-bond acceptors (Lipinski definition) is 11. The van der Waals surface area contributed by atoms with Crippen molar-refractivity contribution in [2.45, 2.75) is 24.5 Å². The highest BCUT2D eigenvalue weighted by Gasteiger charge is 2.48. The Bertz CT molecular complexity index is 1040. The number of nitrogens with zero attached hydrogens (tertiary/aromatic N) is 5. The number of ether oxygens (including phenoxy) is 1. The van der Waals surface area contributed by atoms with Gasteiger partial charge in [-0.25, -0.2) is 19.5 Å². The fraction of sp³-hybridized carbons (Fsp3) is 0.385. The fourth-order valence-corrected chi connectivity index (χ4v) is 4.15. The number of aromatic nitrogens is 5. The van der Waals surface area contributed by atoms with Crippen LogP contribution in [-0.2, 0) is 13.8 Å². The number of fused-ring (bicyclic) bond motifs is 1. The van der Waals surface area contributed by atoms with Crippen LogP contribution >= 0.6 is 19.2 Å². The summed E-state index contributed by atoms with van der Waals surface area (Å²) in [5, 5.41) is 21.9. The number of nitrogen functional groups attached to an aromatic ring is 1. The van der Waals surface area contributed by atoms with E-state index in [2.05, 4.69) is 19.9 Å². The molecule has 3 aromatic rings. The Morgan fingerprint density at radius 3 is 2.79 bits per heavy atom. The molecule has 0 aliphatic carbocycles. The Kier molecular flexibility index (Phi) is 4.89. The molecule has 0 unspecified atom stereocenters. The number of thiazole rings is 1. The second kappa shape index (κ2) is 7.09. The lowest BCUT2D eigenvalue weighted by Gasteiger charge is -2.22. The first-order valence-corrected chi connectivity index (χ1v) is 10.3. The molecule has 0 amide bonds. The summed E-state index contributed by atoms with van der Waals surface area (Å²) in [6, 6.07) is 0. The average molecular weight is 430 g/mol. The molecular weight excluding hydrogens is 415 g/mol. The quantitative estimate of drug-likeness (QED) is 0.318.